The van der Waals surface area contributed by atoms with Crippen LogP contribution in [0.25, 0.3) is 6.08 Å². The average Bonchev–Trinajstić information content (AvgIpc) is 2.56. The van der Waals surface area contributed by atoms with Crippen molar-refractivity contribution in [2.24, 2.45) is 0 Å². The first-order chi connectivity index (χ1) is 11.2. The van der Waals surface area contributed by atoms with E-state index >= 15 is 0 Å². The summed E-state index contributed by atoms with van der Waals surface area (Å²) in [6, 6.07) is 9.90. The van der Waals surface area contributed by atoms with Gasteiger partial charge in [0.05, 0.1) is 0 Å². The second-order valence-electron chi connectivity index (χ2n) is 5.02. The van der Waals surface area contributed by atoms with Gasteiger partial charge < -0.3 is 10.2 Å². The van der Waals surface area contributed by atoms with Gasteiger partial charge in [0.1, 0.15) is 5.82 Å². The second kappa shape index (κ2) is 8.68. The molecule has 2 rings (SSSR count). The average molecular weight is 313 g/mol. The Balaban J connectivity index is 1.85. The van der Waals surface area contributed by atoms with Crippen molar-refractivity contribution in [3.8, 4) is 0 Å². The van der Waals surface area contributed by atoms with Gasteiger partial charge in [-0.15, -0.1) is 0 Å². The van der Waals surface area contributed by atoms with Crippen LogP contribution in [0.4, 0.5) is 9.18 Å². The number of urea groups is 1. The van der Waals surface area contributed by atoms with Gasteiger partial charge in [0.15, 0.2) is 0 Å². The van der Waals surface area contributed by atoms with E-state index in [1.165, 1.54) is 18.3 Å². The summed E-state index contributed by atoms with van der Waals surface area (Å²) in [5.74, 6) is -0.300. The number of hydrogen-bond acceptors (Lipinski definition) is 2. The van der Waals surface area contributed by atoms with Crippen LogP contribution in [0.15, 0.2) is 55.0 Å². The highest BCUT2D eigenvalue weighted by atomic mass is 19.1. The third-order valence-electron chi connectivity index (χ3n) is 3.42. The summed E-state index contributed by atoms with van der Waals surface area (Å²) in [6.07, 6.45) is 7.46. The lowest BCUT2D eigenvalue weighted by Gasteiger charge is -2.20. The molecule has 2 amide bonds. The Kier molecular flexibility index (Phi) is 6.29. The van der Waals surface area contributed by atoms with Crippen LogP contribution in [0.2, 0.25) is 0 Å². The molecule has 0 saturated carbocycles. The number of nitrogens with zero attached hydrogens (tertiary/aromatic N) is 2. The van der Waals surface area contributed by atoms with Gasteiger partial charge >= 0.3 is 6.03 Å². The first-order valence-corrected chi connectivity index (χ1v) is 7.55. The SMILES string of the molecule is CCN(CCc1ccncc1)C(=O)N/C=C/c1cccc(F)c1. The lowest BCUT2D eigenvalue weighted by atomic mass is 10.2. The Labute approximate surface area is 135 Å². The van der Waals surface area contributed by atoms with Crippen LogP contribution >= 0.6 is 0 Å². The molecule has 23 heavy (non-hydrogen) atoms. The molecule has 0 unspecified atom stereocenters. The summed E-state index contributed by atoms with van der Waals surface area (Å²) in [6.45, 7) is 3.17. The van der Waals surface area contributed by atoms with E-state index in [1.807, 2.05) is 19.1 Å². The molecular weight excluding hydrogens is 293 g/mol. The first-order valence-electron chi connectivity index (χ1n) is 7.55. The van der Waals surface area contributed by atoms with Crippen LogP contribution in [0, 0.1) is 5.82 Å². The number of halogens is 1. The molecule has 1 aromatic heterocycles. The van der Waals surface area contributed by atoms with E-state index < -0.39 is 0 Å². The maximum atomic E-state index is 13.1. The number of rotatable bonds is 6. The van der Waals surface area contributed by atoms with Crippen LogP contribution in [0.3, 0.4) is 0 Å². The van der Waals surface area contributed by atoms with Gasteiger partial charge in [0, 0.05) is 31.7 Å². The summed E-state index contributed by atoms with van der Waals surface area (Å²) in [7, 11) is 0. The zero-order chi connectivity index (χ0) is 16.5. The van der Waals surface area contributed by atoms with E-state index in [2.05, 4.69) is 10.3 Å². The predicted octanol–water partition coefficient (Wildman–Crippen LogP) is 3.47. The summed E-state index contributed by atoms with van der Waals surface area (Å²) in [4.78, 5) is 17.8. The molecule has 1 heterocycles. The van der Waals surface area contributed by atoms with Crippen LogP contribution in [0.5, 0.6) is 0 Å². The molecule has 1 N–H and O–H groups in total. The quantitative estimate of drug-likeness (QED) is 0.887. The van der Waals surface area contributed by atoms with Crippen LogP contribution in [-0.4, -0.2) is 29.0 Å². The minimum atomic E-state index is -0.300. The van der Waals surface area contributed by atoms with E-state index in [-0.39, 0.29) is 11.8 Å². The number of aromatic nitrogens is 1. The Morgan fingerprint density at radius 1 is 1.30 bits per heavy atom. The molecule has 2 aromatic rings. The number of likely N-dealkylation sites (N-methyl/N-ethyl adjacent to an activating group) is 1. The summed E-state index contributed by atoms with van der Waals surface area (Å²) in [5.41, 5.74) is 1.84. The van der Waals surface area contributed by atoms with Crippen molar-refractivity contribution in [1.29, 1.82) is 0 Å². The lowest BCUT2D eigenvalue weighted by Crippen LogP contribution is -2.38. The fourth-order valence-corrected chi connectivity index (χ4v) is 2.13. The van der Waals surface area contributed by atoms with E-state index in [1.54, 1.807) is 35.5 Å². The van der Waals surface area contributed by atoms with Crippen molar-refractivity contribution in [2.45, 2.75) is 13.3 Å². The van der Waals surface area contributed by atoms with E-state index in [4.69, 9.17) is 0 Å². The van der Waals surface area contributed by atoms with Gasteiger partial charge in [-0.2, -0.15) is 0 Å². The molecule has 0 saturated heterocycles. The van der Waals surface area contributed by atoms with Crippen LogP contribution < -0.4 is 5.32 Å². The van der Waals surface area contributed by atoms with Gasteiger partial charge in [-0.25, -0.2) is 9.18 Å². The number of hydrogen-bond donors (Lipinski definition) is 1. The maximum Gasteiger partial charge on any atom is 0.321 e. The highest BCUT2D eigenvalue weighted by Crippen LogP contribution is 2.05. The molecule has 0 aliphatic heterocycles. The monoisotopic (exact) mass is 313 g/mol. The molecule has 0 aliphatic rings. The Morgan fingerprint density at radius 3 is 2.78 bits per heavy atom. The van der Waals surface area contributed by atoms with Gasteiger partial charge in [-0.1, -0.05) is 12.1 Å². The molecule has 4 nitrogen and oxygen atoms in total. The highest BCUT2D eigenvalue weighted by Gasteiger charge is 2.09. The number of benzene rings is 1. The molecule has 0 fully saturated rings. The van der Waals surface area contributed by atoms with E-state index in [9.17, 15) is 9.18 Å². The minimum Gasteiger partial charge on any atom is -0.324 e. The lowest BCUT2D eigenvalue weighted by molar-refractivity contribution is 0.205. The van der Waals surface area contributed by atoms with Gasteiger partial charge in [0.2, 0.25) is 0 Å². The largest absolute Gasteiger partial charge is 0.324 e. The highest BCUT2D eigenvalue weighted by molar-refractivity contribution is 5.76. The zero-order valence-electron chi connectivity index (χ0n) is 13.1. The van der Waals surface area contributed by atoms with Crippen molar-refractivity contribution in [2.75, 3.05) is 13.1 Å². The number of amides is 2. The first kappa shape index (κ1) is 16.7. The van der Waals surface area contributed by atoms with Gasteiger partial charge in [-0.05, 0) is 54.8 Å². The van der Waals surface area contributed by atoms with E-state index in [0.29, 0.717) is 18.7 Å². The third kappa shape index (κ3) is 5.54. The Bertz CT molecular complexity index is 658. The number of carbonyl (C=O) groups is 1. The van der Waals surface area contributed by atoms with Gasteiger partial charge in [-0.3, -0.25) is 4.98 Å². The molecular formula is C18H20FN3O. The third-order valence-corrected chi connectivity index (χ3v) is 3.42. The molecule has 0 spiro atoms. The minimum absolute atomic E-state index is 0.172. The molecule has 5 heteroatoms. The second-order valence-corrected chi connectivity index (χ2v) is 5.02. The van der Waals surface area contributed by atoms with E-state index in [0.717, 1.165) is 12.0 Å². The van der Waals surface area contributed by atoms with Crippen molar-refractivity contribution < 1.29 is 9.18 Å². The van der Waals surface area contributed by atoms with Crippen LogP contribution in [-0.2, 0) is 6.42 Å². The standard InChI is InChI=1S/C18H20FN3O/c1-2-22(13-9-15-6-10-20-11-7-15)18(23)21-12-8-16-4-3-5-17(19)14-16/h3-8,10-12,14H,2,9,13H2,1H3,(H,21,23)/b12-8+. The summed E-state index contributed by atoms with van der Waals surface area (Å²) >= 11 is 0. The van der Waals surface area contributed by atoms with Crippen molar-refractivity contribution in [1.82, 2.24) is 15.2 Å². The fraction of sp³-hybridized carbons (Fsp3) is 0.222. The summed E-state index contributed by atoms with van der Waals surface area (Å²) in [5, 5.41) is 2.71. The van der Waals surface area contributed by atoms with Crippen molar-refractivity contribution in [3.63, 3.8) is 0 Å². The molecule has 1 aromatic carbocycles. The predicted molar refractivity (Wildman–Crippen MR) is 89.2 cm³/mol. The number of nitrogens with one attached hydrogen (secondary N) is 1. The number of pyridine rings is 1. The molecule has 0 atom stereocenters. The maximum absolute atomic E-state index is 13.1. The molecule has 120 valence electrons. The molecule has 0 bridgehead atoms. The zero-order valence-corrected chi connectivity index (χ0v) is 13.1. The smallest absolute Gasteiger partial charge is 0.321 e. The fourth-order valence-electron chi connectivity index (χ4n) is 2.13. The van der Waals surface area contributed by atoms with Crippen molar-refractivity contribution >= 4 is 12.1 Å². The van der Waals surface area contributed by atoms with Gasteiger partial charge in [0.25, 0.3) is 0 Å². The van der Waals surface area contributed by atoms with Crippen LogP contribution in [0.1, 0.15) is 18.1 Å². The molecule has 0 radical (unpaired) electrons. The topological polar surface area (TPSA) is 45.2 Å². The van der Waals surface area contributed by atoms with Crippen molar-refractivity contribution in [3.05, 3.63) is 71.9 Å². The number of carbonyl (C=O) groups excluding carboxylic acids is 1. The molecule has 0 aliphatic carbocycles. The Hall–Kier alpha value is -2.69. The Morgan fingerprint density at radius 2 is 2.09 bits per heavy atom. The normalized spacial score (nSPS) is 10.7. The summed E-state index contributed by atoms with van der Waals surface area (Å²) < 4.78 is 13.1.